The number of hydrogen-bond donors (Lipinski definition) is 2. The van der Waals surface area contributed by atoms with E-state index in [0.29, 0.717) is 16.2 Å². The topological polar surface area (TPSA) is 77.8 Å². The van der Waals surface area contributed by atoms with Crippen LogP contribution >= 0.6 is 0 Å². The summed E-state index contributed by atoms with van der Waals surface area (Å²) in [5.74, 6) is -1.33. The summed E-state index contributed by atoms with van der Waals surface area (Å²) >= 11 is 0. The number of benzene rings is 2. The van der Waals surface area contributed by atoms with Gasteiger partial charge in [-0.1, -0.05) is 30.3 Å². The standard InChI is InChI=1S/C19H21NO4/c1-20(24)18(21)16-12-10-14(11-13-16)6-2-3-7-15-8-4-5-9-17(15)19(22)23/h4-5,8-13,24H,2-3,6-7H2,1H3,(H,22,23). The molecule has 0 heterocycles. The maximum Gasteiger partial charge on any atom is 0.335 e. The zero-order valence-corrected chi connectivity index (χ0v) is 13.6. The molecule has 0 saturated heterocycles. The van der Waals surface area contributed by atoms with Gasteiger partial charge in [0, 0.05) is 12.6 Å². The van der Waals surface area contributed by atoms with Crippen LogP contribution < -0.4 is 0 Å². The molecule has 1 amide bonds. The largest absolute Gasteiger partial charge is 0.478 e. The van der Waals surface area contributed by atoms with Gasteiger partial charge < -0.3 is 5.11 Å². The van der Waals surface area contributed by atoms with Gasteiger partial charge >= 0.3 is 5.97 Å². The van der Waals surface area contributed by atoms with E-state index >= 15 is 0 Å². The number of carbonyl (C=O) groups is 2. The Bertz CT molecular complexity index is 708. The minimum atomic E-state index is -0.889. The van der Waals surface area contributed by atoms with Gasteiger partial charge in [-0.3, -0.25) is 10.0 Å². The smallest absolute Gasteiger partial charge is 0.335 e. The zero-order chi connectivity index (χ0) is 17.5. The molecule has 0 bridgehead atoms. The molecular weight excluding hydrogens is 306 g/mol. The summed E-state index contributed by atoms with van der Waals surface area (Å²) < 4.78 is 0. The Kier molecular flexibility index (Phi) is 6.09. The van der Waals surface area contributed by atoms with Crippen molar-refractivity contribution >= 4 is 11.9 Å². The molecular formula is C19H21NO4. The quantitative estimate of drug-likeness (QED) is 0.464. The van der Waals surface area contributed by atoms with Crippen LogP contribution in [0, 0.1) is 0 Å². The number of hydrogen-bond acceptors (Lipinski definition) is 3. The first kappa shape index (κ1) is 17.7. The lowest BCUT2D eigenvalue weighted by atomic mass is 9.99. The van der Waals surface area contributed by atoms with Gasteiger partial charge in [0.05, 0.1) is 5.56 Å². The number of carboxylic acids is 1. The van der Waals surface area contributed by atoms with Crippen molar-refractivity contribution in [3.05, 3.63) is 70.8 Å². The molecule has 0 unspecified atom stereocenters. The van der Waals surface area contributed by atoms with Gasteiger partial charge in [-0.2, -0.15) is 0 Å². The summed E-state index contributed by atoms with van der Waals surface area (Å²) in [5.41, 5.74) is 2.78. The number of amides is 1. The van der Waals surface area contributed by atoms with Crippen molar-refractivity contribution in [1.82, 2.24) is 5.06 Å². The van der Waals surface area contributed by atoms with Crippen LogP contribution in [0.2, 0.25) is 0 Å². The second kappa shape index (κ2) is 8.26. The molecule has 0 saturated carbocycles. The fourth-order valence-electron chi connectivity index (χ4n) is 2.59. The van der Waals surface area contributed by atoms with E-state index in [2.05, 4.69) is 0 Å². The van der Waals surface area contributed by atoms with Gasteiger partial charge in [0.2, 0.25) is 0 Å². The Morgan fingerprint density at radius 2 is 1.58 bits per heavy atom. The lowest BCUT2D eigenvalue weighted by Gasteiger charge is -2.09. The third-order valence-corrected chi connectivity index (χ3v) is 3.90. The summed E-state index contributed by atoms with van der Waals surface area (Å²) in [4.78, 5) is 22.7. The first-order chi connectivity index (χ1) is 11.5. The van der Waals surface area contributed by atoms with E-state index in [-0.39, 0.29) is 0 Å². The van der Waals surface area contributed by atoms with Gasteiger partial charge in [-0.15, -0.1) is 0 Å². The highest BCUT2D eigenvalue weighted by atomic mass is 16.5. The van der Waals surface area contributed by atoms with Gasteiger partial charge in [-0.25, -0.2) is 9.86 Å². The summed E-state index contributed by atoms with van der Waals surface area (Å²) in [6.07, 6.45) is 3.42. The SMILES string of the molecule is CN(O)C(=O)c1ccc(CCCCc2ccccc2C(=O)O)cc1. The average Bonchev–Trinajstić information content (AvgIpc) is 2.58. The van der Waals surface area contributed by atoms with Crippen molar-refractivity contribution in [2.24, 2.45) is 0 Å². The van der Waals surface area contributed by atoms with E-state index in [1.807, 2.05) is 24.3 Å². The average molecular weight is 327 g/mol. The highest BCUT2D eigenvalue weighted by Gasteiger charge is 2.10. The number of carbonyl (C=O) groups excluding carboxylic acids is 1. The van der Waals surface area contributed by atoms with Crippen LogP contribution in [0.15, 0.2) is 48.5 Å². The van der Waals surface area contributed by atoms with Gasteiger partial charge in [0.25, 0.3) is 5.91 Å². The molecule has 2 rings (SSSR count). The highest BCUT2D eigenvalue weighted by molar-refractivity contribution is 5.93. The van der Waals surface area contributed by atoms with Crippen LogP contribution in [0.25, 0.3) is 0 Å². The predicted octanol–water partition coefficient (Wildman–Crippen LogP) is 3.41. The first-order valence-electron chi connectivity index (χ1n) is 7.86. The molecule has 0 radical (unpaired) electrons. The molecule has 5 nitrogen and oxygen atoms in total. The fourth-order valence-corrected chi connectivity index (χ4v) is 2.59. The summed E-state index contributed by atoms with van der Waals surface area (Å²) in [6.45, 7) is 0. The molecule has 0 aliphatic carbocycles. The predicted molar refractivity (Wildman–Crippen MR) is 90.4 cm³/mol. The van der Waals surface area contributed by atoms with Crippen LogP contribution in [-0.4, -0.2) is 34.3 Å². The maximum absolute atomic E-state index is 11.6. The highest BCUT2D eigenvalue weighted by Crippen LogP contribution is 2.14. The Hall–Kier alpha value is -2.66. The molecule has 5 heteroatoms. The van der Waals surface area contributed by atoms with Crippen molar-refractivity contribution in [2.45, 2.75) is 25.7 Å². The lowest BCUT2D eigenvalue weighted by Crippen LogP contribution is -2.22. The van der Waals surface area contributed by atoms with Crippen LogP contribution in [0.4, 0.5) is 0 Å². The van der Waals surface area contributed by atoms with Crippen LogP contribution in [0.3, 0.4) is 0 Å². The third kappa shape index (κ3) is 4.67. The van der Waals surface area contributed by atoms with Crippen molar-refractivity contribution in [3.63, 3.8) is 0 Å². The number of aromatic carboxylic acids is 1. The molecule has 2 aromatic rings. The van der Waals surface area contributed by atoms with Crippen LogP contribution in [-0.2, 0) is 12.8 Å². The number of hydroxylamine groups is 2. The second-order valence-electron chi connectivity index (χ2n) is 5.70. The first-order valence-corrected chi connectivity index (χ1v) is 7.86. The number of unbranched alkanes of at least 4 members (excludes halogenated alkanes) is 1. The number of nitrogens with zero attached hydrogens (tertiary/aromatic N) is 1. The van der Waals surface area contributed by atoms with E-state index in [9.17, 15) is 9.59 Å². The van der Waals surface area contributed by atoms with Crippen molar-refractivity contribution in [1.29, 1.82) is 0 Å². The monoisotopic (exact) mass is 327 g/mol. The number of carboxylic acid groups (broad SMARTS) is 1. The molecule has 0 aliphatic heterocycles. The summed E-state index contributed by atoms with van der Waals surface area (Å²) in [6, 6.07) is 14.2. The molecule has 24 heavy (non-hydrogen) atoms. The molecule has 0 aliphatic rings. The Morgan fingerprint density at radius 3 is 2.21 bits per heavy atom. The molecule has 0 fully saturated rings. The van der Waals surface area contributed by atoms with Gasteiger partial charge in [0.15, 0.2) is 0 Å². The van der Waals surface area contributed by atoms with E-state index in [1.54, 1.807) is 24.3 Å². The fraction of sp³-hybridized carbons (Fsp3) is 0.263. The lowest BCUT2D eigenvalue weighted by molar-refractivity contribution is -0.0374. The molecule has 0 atom stereocenters. The van der Waals surface area contributed by atoms with E-state index < -0.39 is 11.9 Å². The minimum absolute atomic E-state index is 0.369. The Balaban J connectivity index is 1.85. The Morgan fingerprint density at radius 1 is 0.958 bits per heavy atom. The minimum Gasteiger partial charge on any atom is -0.478 e. The van der Waals surface area contributed by atoms with Crippen molar-refractivity contribution in [3.8, 4) is 0 Å². The summed E-state index contributed by atoms with van der Waals surface area (Å²) in [5, 5.41) is 18.9. The molecule has 0 spiro atoms. The molecule has 2 aromatic carbocycles. The van der Waals surface area contributed by atoms with E-state index in [1.165, 1.54) is 7.05 Å². The van der Waals surface area contributed by atoms with Crippen molar-refractivity contribution < 1.29 is 19.9 Å². The molecule has 0 aromatic heterocycles. The summed E-state index contributed by atoms with van der Waals surface area (Å²) in [7, 11) is 1.30. The third-order valence-electron chi connectivity index (χ3n) is 3.90. The van der Waals surface area contributed by atoms with Crippen LogP contribution in [0.5, 0.6) is 0 Å². The zero-order valence-electron chi connectivity index (χ0n) is 13.6. The van der Waals surface area contributed by atoms with E-state index in [4.69, 9.17) is 10.3 Å². The number of aryl methyl sites for hydroxylation is 2. The normalized spacial score (nSPS) is 10.4. The second-order valence-corrected chi connectivity index (χ2v) is 5.70. The van der Waals surface area contributed by atoms with Gasteiger partial charge in [0.1, 0.15) is 0 Å². The molecule has 2 N–H and O–H groups in total. The van der Waals surface area contributed by atoms with Gasteiger partial charge in [-0.05, 0) is 55.0 Å². The number of rotatable bonds is 7. The Labute approximate surface area is 141 Å². The molecule has 126 valence electrons. The van der Waals surface area contributed by atoms with Crippen molar-refractivity contribution in [2.75, 3.05) is 7.05 Å². The van der Waals surface area contributed by atoms with E-state index in [0.717, 1.165) is 36.8 Å². The van der Waals surface area contributed by atoms with Crippen LogP contribution in [0.1, 0.15) is 44.7 Å². The maximum atomic E-state index is 11.6.